The smallest absolute Gasteiger partial charge is 0.320 e. The van der Waals surface area contributed by atoms with Crippen molar-refractivity contribution in [2.24, 2.45) is 5.92 Å². The van der Waals surface area contributed by atoms with Crippen LogP contribution in [0.3, 0.4) is 0 Å². The first kappa shape index (κ1) is 18.1. The van der Waals surface area contributed by atoms with E-state index in [4.69, 9.17) is 5.21 Å². The third-order valence-corrected chi connectivity index (χ3v) is 3.79. The molecule has 1 rings (SSSR count). The Morgan fingerprint density at radius 1 is 1.18 bits per heavy atom. The van der Waals surface area contributed by atoms with Crippen LogP contribution in [0.25, 0.3) is 0 Å². The summed E-state index contributed by atoms with van der Waals surface area (Å²) in [5, 5.41) is 20.7. The molecule has 0 aliphatic rings. The van der Waals surface area contributed by atoms with Gasteiger partial charge in [0.1, 0.15) is 6.04 Å². The lowest BCUT2D eigenvalue weighted by Crippen LogP contribution is -2.41. The van der Waals surface area contributed by atoms with Crippen LogP contribution in [0.2, 0.25) is 0 Å². The molecule has 0 saturated heterocycles. The Morgan fingerprint density at radius 2 is 1.77 bits per heavy atom. The second-order valence-corrected chi connectivity index (χ2v) is 5.43. The van der Waals surface area contributed by atoms with E-state index >= 15 is 0 Å². The van der Waals surface area contributed by atoms with Gasteiger partial charge in [-0.3, -0.25) is 14.8 Å². The molecule has 0 aromatic heterocycles. The molecule has 0 aliphatic carbocycles. The molecule has 122 valence electrons. The number of hydroxylamine groups is 1. The van der Waals surface area contributed by atoms with Crippen molar-refractivity contribution in [3.63, 3.8) is 0 Å². The van der Waals surface area contributed by atoms with Crippen LogP contribution in [0.5, 0.6) is 0 Å². The predicted molar refractivity (Wildman–Crippen MR) is 82.4 cm³/mol. The van der Waals surface area contributed by atoms with Crippen LogP contribution < -0.4 is 10.8 Å². The van der Waals surface area contributed by atoms with Gasteiger partial charge >= 0.3 is 5.97 Å². The molecule has 6 heteroatoms. The number of hydrogen-bond donors (Lipinski definition) is 4. The van der Waals surface area contributed by atoms with Gasteiger partial charge in [0.05, 0.1) is 0 Å². The van der Waals surface area contributed by atoms with E-state index in [0.717, 1.165) is 17.5 Å². The fourth-order valence-corrected chi connectivity index (χ4v) is 2.13. The third kappa shape index (κ3) is 5.83. The van der Waals surface area contributed by atoms with E-state index in [2.05, 4.69) is 5.32 Å². The quantitative estimate of drug-likeness (QED) is 0.411. The van der Waals surface area contributed by atoms with Crippen LogP contribution in [0.15, 0.2) is 24.3 Å². The Kier molecular flexibility index (Phi) is 7.56. The maximum Gasteiger partial charge on any atom is 0.320 e. The van der Waals surface area contributed by atoms with Gasteiger partial charge in [0.15, 0.2) is 0 Å². The number of amides is 1. The summed E-state index contributed by atoms with van der Waals surface area (Å²) in [4.78, 5) is 22.2. The summed E-state index contributed by atoms with van der Waals surface area (Å²) in [6.07, 6.45) is 1.57. The van der Waals surface area contributed by atoms with Crippen molar-refractivity contribution in [1.82, 2.24) is 10.8 Å². The fraction of sp³-hybridized carbons (Fsp3) is 0.500. The fourth-order valence-electron chi connectivity index (χ4n) is 2.13. The zero-order valence-corrected chi connectivity index (χ0v) is 13.0. The Morgan fingerprint density at radius 3 is 2.27 bits per heavy atom. The zero-order chi connectivity index (χ0) is 16.5. The van der Waals surface area contributed by atoms with Gasteiger partial charge in [0, 0.05) is 13.0 Å². The highest BCUT2D eigenvalue weighted by Crippen LogP contribution is 2.11. The molecule has 1 amide bonds. The monoisotopic (exact) mass is 308 g/mol. The maximum atomic E-state index is 11.2. The van der Waals surface area contributed by atoms with Crippen LogP contribution in [0.1, 0.15) is 37.8 Å². The Bertz CT molecular complexity index is 487. The van der Waals surface area contributed by atoms with Crippen LogP contribution in [-0.4, -0.2) is 28.2 Å². The average molecular weight is 308 g/mol. The first-order chi connectivity index (χ1) is 10.5. The van der Waals surface area contributed by atoms with E-state index in [-0.39, 0.29) is 12.3 Å². The van der Waals surface area contributed by atoms with Gasteiger partial charge in [-0.15, -0.1) is 0 Å². The van der Waals surface area contributed by atoms with Crippen molar-refractivity contribution in [2.75, 3.05) is 0 Å². The minimum atomic E-state index is -0.832. The summed E-state index contributed by atoms with van der Waals surface area (Å²) in [5.41, 5.74) is 3.58. The molecule has 6 nitrogen and oxygen atoms in total. The normalized spacial score (nSPS) is 13.4. The van der Waals surface area contributed by atoms with Crippen LogP contribution in [-0.2, 0) is 22.6 Å². The minimum Gasteiger partial charge on any atom is -0.480 e. The summed E-state index contributed by atoms with van der Waals surface area (Å²) in [5.74, 6) is -1.18. The third-order valence-electron chi connectivity index (χ3n) is 3.79. The van der Waals surface area contributed by atoms with Gasteiger partial charge in [-0.25, -0.2) is 5.48 Å². The highest BCUT2D eigenvalue weighted by atomic mass is 16.5. The molecule has 4 N–H and O–H groups in total. The molecular formula is C16H24N2O4. The lowest BCUT2D eigenvalue weighted by Gasteiger charge is -2.20. The molecule has 0 fully saturated rings. The number of carbonyl (C=O) groups is 2. The summed E-state index contributed by atoms with van der Waals surface area (Å²) >= 11 is 0. The van der Waals surface area contributed by atoms with E-state index < -0.39 is 17.9 Å². The van der Waals surface area contributed by atoms with Gasteiger partial charge in [-0.05, 0) is 23.5 Å². The summed E-state index contributed by atoms with van der Waals surface area (Å²) < 4.78 is 0. The largest absolute Gasteiger partial charge is 0.480 e. The zero-order valence-electron chi connectivity index (χ0n) is 13.0. The highest BCUT2D eigenvalue weighted by Gasteiger charge is 2.22. The molecule has 0 spiro atoms. The number of carboxylic acids is 1. The van der Waals surface area contributed by atoms with Crippen molar-refractivity contribution in [3.05, 3.63) is 35.4 Å². The molecular weight excluding hydrogens is 284 g/mol. The van der Waals surface area contributed by atoms with Gasteiger partial charge in [0.25, 0.3) is 0 Å². The van der Waals surface area contributed by atoms with Crippen LogP contribution in [0, 0.1) is 5.92 Å². The summed E-state index contributed by atoms with van der Waals surface area (Å²) in [6, 6.07) is 7.07. The minimum absolute atomic E-state index is 0.0637. The average Bonchev–Trinajstić information content (AvgIpc) is 2.53. The Hall–Kier alpha value is -1.92. The standard InChI is InChI=1S/C16H24N2O4/c1-3-11(2)15(16(20)21)17-10-13-6-4-12(5-7-13)8-9-14(19)18-22/h4-7,11,15,17,22H,3,8-10H2,1-2H3,(H,18,19)(H,20,21)/t11-,15?/m1/s1. The molecule has 0 heterocycles. The number of aliphatic carboxylic acids is 1. The van der Waals surface area contributed by atoms with Crippen molar-refractivity contribution >= 4 is 11.9 Å². The Labute approximate surface area is 130 Å². The summed E-state index contributed by atoms with van der Waals surface area (Å²) in [6.45, 7) is 4.37. The topological polar surface area (TPSA) is 98.7 Å². The first-order valence-electron chi connectivity index (χ1n) is 7.44. The molecule has 22 heavy (non-hydrogen) atoms. The molecule has 0 radical (unpaired) electrons. The number of carboxylic acid groups (broad SMARTS) is 1. The van der Waals surface area contributed by atoms with Gasteiger partial charge < -0.3 is 10.4 Å². The summed E-state index contributed by atoms with van der Waals surface area (Å²) in [7, 11) is 0. The Balaban J connectivity index is 2.53. The van der Waals surface area contributed by atoms with Crippen molar-refractivity contribution in [3.8, 4) is 0 Å². The van der Waals surface area contributed by atoms with E-state index in [1.807, 2.05) is 38.1 Å². The van der Waals surface area contributed by atoms with Gasteiger partial charge in [-0.2, -0.15) is 0 Å². The van der Waals surface area contributed by atoms with Crippen molar-refractivity contribution in [2.45, 2.75) is 45.7 Å². The highest BCUT2D eigenvalue weighted by molar-refractivity contribution is 5.74. The lowest BCUT2D eigenvalue weighted by molar-refractivity contribution is -0.141. The number of hydrogen-bond acceptors (Lipinski definition) is 4. The predicted octanol–water partition coefficient (Wildman–Crippen LogP) is 1.71. The van der Waals surface area contributed by atoms with Gasteiger partial charge in [-0.1, -0.05) is 44.5 Å². The van der Waals surface area contributed by atoms with E-state index in [9.17, 15) is 14.7 Å². The van der Waals surface area contributed by atoms with E-state index in [1.54, 1.807) is 5.48 Å². The number of rotatable bonds is 9. The molecule has 0 saturated carbocycles. The molecule has 1 aromatic rings. The second kappa shape index (κ2) is 9.17. The van der Waals surface area contributed by atoms with Gasteiger partial charge in [0.2, 0.25) is 5.91 Å². The van der Waals surface area contributed by atoms with E-state index in [1.165, 1.54) is 0 Å². The number of aryl methyl sites for hydroxylation is 1. The van der Waals surface area contributed by atoms with Crippen molar-refractivity contribution < 1.29 is 19.9 Å². The second-order valence-electron chi connectivity index (χ2n) is 5.43. The molecule has 1 aromatic carbocycles. The molecule has 0 bridgehead atoms. The van der Waals surface area contributed by atoms with E-state index in [0.29, 0.717) is 13.0 Å². The first-order valence-corrected chi connectivity index (χ1v) is 7.44. The molecule has 1 unspecified atom stereocenters. The number of nitrogens with one attached hydrogen (secondary N) is 2. The maximum absolute atomic E-state index is 11.2. The SMILES string of the molecule is CC[C@@H](C)C(NCc1ccc(CCC(=O)NO)cc1)C(=O)O. The lowest BCUT2D eigenvalue weighted by atomic mass is 9.99. The number of carbonyl (C=O) groups excluding carboxylic acids is 1. The van der Waals surface area contributed by atoms with Crippen LogP contribution >= 0.6 is 0 Å². The van der Waals surface area contributed by atoms with Crippen molar-refractivity contribution in [1.29, 1.82) is 0 Å². The molecule has 2 atom stereocenters. The van der Waals surface area contributed by atoms with Crippen LogP contribution in [0.4, 0.5) is 0 Å². The number of benzene rings is 1. The molecule has 0 aliphatic heterocycles.